The molecular formula is C17H15F2N3O2. The average molecular weight is 331 g/mol. The number of benzene rings is 2. The van der Waals surface area contributed by atoms with Crippen LogP contribution < -0.4 is 14.8 Å². The van der Waals surface area contributed by atoms with E-state index >= 15 is 0 Å². The maximum absolute atomic E-state index is 12.5. The number of halogens is 2. The predicted octanol–water partition coefficient (Wildman–Crippen LogP) is 3.85. The number of alkyl halides is 2. The van der Waals surface area contributed by atoms with Gasteiger partial charge in [-0.2, -0.15) is 8.78 Å². The first-order valence-electron chi connectivity index (χ1n) is 7.22. The van der Waals surface area contributed by atoms with Crippen LogP contribution in [0.15, 0.2) is 48.8 Å². The Morgan fingerprint density at radius 2 is 1.92 bits per heavy atom. The molecule has 0 radical (unpaired) electrons. The van der Waals surface area contributed by atoms with Gasteiger partial charge < -0.3 is 14.8 Å². The number of hydrogen-bond acceptors (Lipinski definition) is 5. The van der Waals surface area contributed by atoms with Gasteiger partial charge in [-0.15, -0.1) is 0 Å². The summed E-state index contributed by atoms with van der Waals surface area (Å²) in [6.07, 6.45) is 1.48. The molecule has 124 valence electrons. The van der Waals surface area contributed by atoms with Gasteiger partial charge in [0.1, 0.15) is 12.1 Å². The molecule has 24 heavy (non-hydrogen) atoms. The first-order chi connectivity index (χ1) is 11.7. The van der Waals surface area contributed by atoms with Crippen molar-refractivity contribution in [3.8, 4) is 11.5 Å². The molecule has 3 rings (SSSR count). The van der Waals surface area contributed by atoms with Gasteiger partial charge in [-0.05, 0) is 29.8 Å². The second-order valence-electron chi connectivity index (χ2n) is 4.96. The number of ether oxygens (including phenoxy) is 2. The lowest BCUT2D eigenvalue weighted by Gasteiger charge is -2.12. The van der Waals surface area contributed by atoms with Gasteiger partial charge in [0.15, 0.2) is 11.5 Å². The van der Waals surface area contributed by atoms with Crippen molar-refractivity contribution in [1.82, 2.24) is 9.97 Å². The molecule has 0 bridgehead atoms. The summed E-state index contributed by atoms with van der Waals surface area (Å²) >= 11 is 0. The summed E-state index contributed by atoms with van der Waals surface area (Å²) in [5.41, 5.74) is 1.58. The molecule has 1 N–H and O–H groups in total. The zero-order chi connectivity index (χ0) is 16.9. The minimum Gasteiger partial charge on any atom is -0.493 e. The van der Waals surface area contributed by atoms with Crippen molar-refractivity contribution in [2.24, 2.45) is 0 Å². The fourth-order valence-electron chi connectivity index (χ4n) is 2.35. The third-order valence-corrected chi connectivity index (χ3v) is 3.45. The van der Waals surface area contributed by atoms with E-state index in [2.05, 4.69) is 20.0 Å². The van der Waals surface area contributed by atoms with Crippen molar-refractivity contribution >= 4 is 16.7 Å². The van der Waals surface area contributed by atoms with Crippen LogP contribution in [0.4, 0.5) is 14.6 Å². The maximum atomic E-state index is 12.5. The Kier molecular flexibility index (Phi) is 4.69. The summed E-state index contributed by atoms with van der Waals surface area (Å²) in [5, 5.41) is 4.07. The van der Waals surface area contributed by atoms with Crippen molar-refractivity contribution in [3.63, 3.8) is 0 Å². The monoisotopic (exact) mass is 331 g/mol. The van der Waals surface area contributed by atoms with Gasteiger partial charge in [0.25, 0.3) is 0 Å². The predicted molar refractivity (Wildman–Crippen MR) is 86.5 cm³/mol. The highest BCUT2D eigenvalue weighted by Crippen LogP contribution is 2.30. The zero-order valence-electron chi connectivity index (χ0n) is 12.9. The smallest absolute Gasteiger partial charge is 0.387 e. The van der Waals surface area contributed by atoms with Crippen LogP contribution in [0, 0.1) is 0 Å². The van der Waals surface area contributed by atoms with Crippen molar-refractivity contribution < 1.29 is 18.3 Å². The summed E-state index contributed by atoms with van der Waals surface area (Å²) in [6.45, 7) is -2.52. The number of rotatable bonds is 6. The average Bonchev–Trinajstić information content (AvgIpc) is 2.59. The molecule has 0 atom stereocenters. The van der Waals surface area contributed by atoms with Gasteiger partial charge >= 0.3 is 6.61 Å². The van der Waals surface area contributed by atoms with Crippen LogP contribution in [-0.2, 0) is 6.54 Å². The molecule has 5 nitrogen and oxygen atoms in total. The van der Waals surface area contributed by atoms with Crippen molar-refractivity contribution in [1.29, 1.82) is 0 Å². The molecule has 3 aromatic rings. The Hall–Kier alpha value is -2.96. The van der Waals surface area contributed by atoms with Gasteiger partial charge in [-0.25, -0.2) is 9.97 Å². The molecular weight excluding hydrogens is 316 g/mol. The number of aromatic nitrogens is 2. The number of fused-ring (bicyclic) bond motifs is 1. The van der Waals surface area contributed by atoms with E-state index in [9.17, 15) is 8.78 Å². The number of para-hydroxylation sites is 1. The van der Waals surface area contributed by atoms with E-state index in [1.807, 2.05) is 24.3 Å². The van der Waals surface area contributed by atoms with Gasteiger partial charge in [0, 0.05) is 11.9 Å². The molecule has 0 saturated carbocycles. The summed E-state index contributed by atoms with van der Waals surface area (Å²) in [5.74, 6) is 0.929. The molecule has 2 aromatic carbocycles. The van der Waals surface area contributed by atoms with Crippen LogP contribution in [0.2, 0.25) is 0 Å². The third-order valence-electron chi connectivity index (χ3n) is 3.45. The van der Waals surface area contributed by atoms with E-state index in [4.69, 9.17) is 4.74 Å². The molecule has 0 aliphatic heterocycles. The van der Waals surface area contributed by atoms with Crippen LogP contribution in [0.5, 0.6) is 11.5 Å². The largest absolute Gasteiger partial charge is 0.493 e. The molecule has 1 aromatic heterocycles. The number of nitrogens with zero attached hydrogens (tertiary/aromatic N) is 2. The van der Waals surface area contributed by atoms with Gasteiger partial charge in [-0.3, -0.25) is 0 Å². The van der Waals surface area contributed by atoms with Crippen molar-refractivity contribution in [3.05, 3.63) is 54.4 Å². The Labute approximate surface area is 137 Å². The van der Waals surface area contributed by atoms with Gasteiger partial charge in [0.05, 0.1) is 12.6 Å². The summed E-state index contributed by atoms with van der Waals surface area (Å²) < 4.78 is 34.5. The SMILES string of the molecule is COc1ccc(CNc2ncnc3ccccc23)cc1OC(F)F. The number of methoxy groups -OCH3 is 1. The lowest BCUT2D eigenvalue weighted by Crippen LogP contribution is -2.06. The fraction of sp³-hybridized carbons (Fsp3) is 0.176. The molecule has 0 aliphatic carbocycles. The summed E-state index contributed by atoms with van der Waals surface area (Å²) in [6, 6.07) is 12.5. The number of hydrogen-bond donors (Lipinski definition) is 1. The Balaban J connectivity index is 1.81. The minimum absolute atomic E-state index is 0.000606. The first-order valence-corrected chi connectivity index (χ1v) is 7.22. The molecule has 1 heterocycles. The van der Waals surface area contributed by atoms with E-state index in [0.717, 1.165) is 16.5 Å². The number of anilines is 1. The second-order valence-corrected chi connectivity index (χ2v) is 4.96. The lowest BCUT2D eigenvalue weighted by molar-refractivity contribution is -0.0512. The van der Waals surface area contributed by atoms with E-state index in [1.54, 1.807) is 12.1 Å². The van der Waals surface area contributed by atoms with Crippen LogP contribution >= 0.6 is 0 Å². The maximum Gasteiger partial charge on any atom is 0.387 e. The Bertz CT molecular complexity index is 838. The van der Waals surface area contributed by atoms with Gasteiger partial charge in [-0.1, -0.05) is 18.2 Å². The van der Waals surface area contributed by atoms with Crippen molar-refractivity contribution in [2.45, 2.75) is 13.2 Å². The Morgan fingerprint density at radius 1 is 1.08 bits per heavy atom. The zero-order valence-corrected chi connectivity index (χ0v) is 12.9. The minimum atomic E-state index is -2.91. The molecule has 0 spiro atoms. The fourth-order valence-corrected chi connectivity index (χ4v) is 2.35. The first kappa shape index (κ1) is 15.9. The van der Waals surface area contributed by atoms with Gasteiger partial charge in [0.2, 0.25) is 0 Å². The summed E-state index contributed by atoms with van der Waals surface area (Å²) in [4.78, 5) is 8.42. The van der Waals surface area contributed by atoms with E-state index in [-0.39, 0.29) is 11.5 Å². The quantitative estimate of drug-likeness (QED) is 0.743. The third kappa shape index (κ3) is 3.51. The summed E-state index contributed by atoms with van der Waals surface area (Å²) in [7, 11) is 1.40. The van der Waals surface area contributed by atoms with E-state index in [0.29, 0.717) is 12.4 Å². The standard InChI is InChI=1S/C17H15F2N3O2/c1-23-14-7-6-11(8-15(14)24-17(18)19)9-20-16-12-4-2-3-5-13(12)21-10-22-16/h2-8,10,17H,9H2,1H3,(H,20,21,22). The van der Waals surface area contributed by atoms with Crippen LogP contribution in [0.3, 0.4) is 0 Å². The van der Waals surface area contributed by atoms with Crippen molar-refractivity contribution in [2.75, 3.05) is 12.4 Å². The highest BCUT2D eigenvalue weighted by molar-refractivity contribution is 5.88. The molecule has 0 aliphatic rings. The topological polar surface area (TPSA) is 56.3 Å². The van der Waals surface area contributed by atoms with Crippen LogP contribution in [-0.4, -0.2) is 23.7 Å². The van der Waals surface area contributed by atoms with Crippen LogP contribution in [0.25, 0.3) is 10.9 Å². The Morgan fingerprint density at radius 3 is 2.71 bits per heavy atom. The van der Waals surface area contributed by atoms with E-state index < -0.39 is 6.61 Å². The molecule has 0 unspecified atom stereocenters. The highest BCUT2D eigenvalue weighted by Gasteiger charge is 2.11. The normalized spacial score (nSPS) is 10.8. The van der Waals surface area contributed by atoms with E-state index in [1.165, 1.54) is 19.5 Å². The second kappa shape index (κ2) is 7.08. The molecule has 0 saturated heterocycles. The molecule has 7 heteroatoms. The lowest BCUT2D eigenvalue weighted by atomic mass is 10.2. The molecule has 0 amide bonds. The molecule has 0 fully saturated rings. The highest BCUT2D eigenvalue weighted by atomic mass is 19.3. The number of nitrogens with one attached hydrogen (secondary N) is 1. The van der Waals surface area contributed by atoms with Crippen LogP contribution in [0.1, 0.15) is 5.56 Å².